The predicted octanol–water partition coefficient (Wildman–Crippen LogP) is 1.73. The molecule has 0 unspecified atom stereocenters. The number of nitrogens with zero attached hydrogens (tertiary/aromatic N) is 1. The van der Waals surface area contributed by atoms with Crippen LogP contribution in [0, 0.1) is 0 Å². The Labute approximate surface area is 158 Å². The lowest BCUT2D eigenvalue weighted by molar-refractivity contribution is 0.0600. The van der Waals surface area contributed by atoms with Crippen molar-refractivity contribution in [2.45, 2.75) is 13.0 Å². The number of carbonyl (C=O) groups excluding carboxylic acids is 2. The minimum absolute atomic E-state index is 0.243. The molecule has 0 aromatic heterocycles. The number of ether oxygens (including phenoxy) is 1. The van der Waals surface area contributed by atoms with E-state index in [1.807, 2.05) is 0 Å². The van der Waals surface area contributed by atoms with Crippen LogP contribution < -0.4 is 9.62 Å². The lowest BCUT2D eigenvalue weighted by atomic mass is 10.1. The Balaban J connectivity index is 1.66. The van der Waals surface area contributed by atoms with Gasteiger partial charge >= 0.3 is 5.97 Å². The van der Waals surface area contributed by atoms with Gasteiger partial charge in [0.25, 0.3) is 5.91 Å². The lowest BCUT2D eigenvalue weighted by Crippen LogP contribution is -2.27. The molecule has 1 N–H and O–H groups in total. The monoisotopic (exact) mass is 388 g/mol. The summed E-state index contributed by atoms with van der Waals surface area (Å²) in [6.07, 6.45) is 1.76. The molecular weight excluding hydrogens is 368 g/mol. The Bertz CT molecular complexity index is 984. The van der Waals surface area contributed by atoms with Crippen LogP contribution in [0.4, 0.5) is 5.69 Å². The molecule has 0 atom stereocenters. The van der Waals surface area contributed by atoms with Gasteiger partial charge in [-0.2, -0.15) is 0 Å². The molecule has 0 saturated heterocycles. The first-order valence-corrected chi connectivity index (χ1v) is 10.2. The number of nitrogens with one attached hydrogen (secondary N) is 1. The van der Waals surface area contributed by atoms with Gasteiger partial charge in [0.15, 0.2) is 0 Å². The topological polar surface area (TPSA) is 92.8 Å². The first-order valence-electron chi connectivity index (χ1n) is 8.35. The Morgan fingerprint density at radius 3 is 2.41 bits per heavy atom. The van der Waals surface area contributed by atoms with Gasteiger partial charge in [-0.05, 0) is 47.9 Å². The van der Waals surface area contributed by atoms with E-state index < -0.39 is 16.0 Å². The third-order valence-electron chi connectivity index (χ3n) is 4.42. The minimum Gasteiger partial charge on any atom is -0.465 e. The quantitative estimate of drug-likeness (QED) is 0.788. The Kier molecular flexibility index (Phi) is 5.18. The molecule has 7 nitrogen and oxygen atoms in total. The number of methoxy groups -OCH3 is 1. The highest BCUT2D eigenvalue weighted by molar-refractivity contribution is 7.92. The fraction of sp³-hybridized carbons (Fsp3) is 0.263. The van der Waals surface area contributed by atoms with Crippen molar-refractivity contribution in [3.8, 4) is 0 Å². The van der Waals surface area contributed by atoms with Crippen molar-refractivity contribution in [1.82, 2.24) is 5.32 Å². The molecule has 27 heavy (non-hydrogen) atoms. The Hall–Kier alpha value is -2.87. The summed E-state index contributed by atoms with van der Waals surface area (Å²) in [5, 5.41) is 2.82. The molecule has 3 rings (SSSR count). The van der Waals surface area contributed by atoms with Crippen LogP contribution in [0.25, 0.3) is 0 Å². The van der Waals surface area contributed by atoms with Crippen molar-refractivity contribution in [1.29, 1.82) is 0 Å². The highest BCUT2D eigenvalue weighted by Gasteiger charge is 2.26. The number of amides is 1. The molecule has 0 fully saturated rings. The third kappa shape index (κ3) is 4.11. The van der Waals surface area contributed by atoms with E-state index >= 15 is 0 Å². The molecule has 142 valence electrons. The largest absolute Gasteiger partial charge is 0.465 e. The number of anilines is 1. The molecule has 1 aliphatic rings. The second-order valence-corrected chi connectivity index (χ2v) is 8.21. The number of fused-ring (bicyclic) bond motifs is 1. The molecule has 1 heterocycles. The van der Waals surface area contributed by atoms with Gasteiger partial charge in [-0.1, -0.05) is 12.1 Å². The zero-order valence-electron chi connectivity index (χ0n) is 15.1. The average Bonchev–Trinajstić information content (AvgIpc) is 3.09. The van der Waals surface area contributed by atoms with Crippen LogP contribution in [0.5, 0.6) is 0 Å². The summed E-state index contributed by atoms with van der Waals surface area (Å²) in [6.45, 7) is 0.707. The van der Waals surface area contributed by atoms with Gasteiger partial charge in [0.05, 0.1) is 24.6 Å². The van der Waals surface area contributed by atoms with Crippen LogP contribution in [0.2, 0.25) is 0 Å². The van der Waals surface area contributed by atoms with E-state index in [1.54, 1.807) is 42.5 Å². The van der Waals surface area contributed by atoms with E-state index in [0.29, 0.717) is 36.3 Å². The molecule has 0 radical (unpaired) electrons. The van der Waals surface area contributed by atoms with Gasteiger partial charge in [0.2, 0.25) is 10.0 Å². The second-order valence-electron chi connectivity index (χ2n) is 6.30. The van der Waals surface area contributed by atoms with E-state index in [9.17, 15) is 18.0 Å². The maximum Gasteiger partial charge on any atom is 0.337 e. The number of hydrogen-bond acceptors (Lipinski definition) is 5. The van der Waals surface area contributed by atoms with E-state index in [0.717, 1.165) is 11.1 Å². The number of benzene rings is 2. The van der Waals surface area contributed by atoms with Crippen LogP contribution in [-0.4, -0.2) is 40.2 Å². The number of hydrogen-bond donors (Lipinski definition) is 1. The van der Waals surface area contributed by atoms with Gasteiger partial charge in [-0.15, -0.1) is 0 Å². The van der Waals surface area contributed by atoms with Crippen molar-refractivity contribution < 1.29 is 22.7 Å². The molecule has 0 saturated carbocycles. The van der Waals surface area contributed by atoms with Gasteiger partial charge in [-0.3, -0.25) is 9.10 Å². The molecule has 2 aromatic rings. The molecular formula is C19H20N2O5S. The summed E-state index contributed by atoms with van der Waals surface area (Å²) < 4.78 is 29.6. The number of esters is 1. The van der Waals surface area contributed by atoms with Crippen molar-refractivity contribution in [3.63, 3.8) is 0 Å². The number of carbonyl (C=O) groups is 2. The predicted molar refractivity (Wildman–Crippen MR) is 101 cm³/mol. The van der Waals surface area contributed by atoms with Gasteiger partial charge < -0.3 is 10.1 Å². The van der Waals surface area contributed by atoms with Gasteiger partial charge in [-0.25, -0.2) is 13.2 Å². The maximum absolute atomic E-state index is 12.4. The Morgan fingerprint density at radius 1 is 1.11 bits per heavy atom. The fourth-order valence-electron chi connectivity index (χ4n) is 3.02. The highest BCUT2D eigenvalue weighted by atomic mass is 32.2. The summed E-state index contributed by atoms with van der Waals surface area (Å²) in [7, 11) is -1.99. The van der Waals surface area contributed by atoms with Crippen LogP contribution in [0.3, 0.4) is 0 Å². The van der Waals surface area contributed by atoms with Crippen molar-refractivity contribution in [2.24, 2.45) is 0 Å². The molecule has 0 aliphatic carbocycles. The first-order chi connectivity index (χ1) is 12.8. The lowest BCUT2D eigenvalue weighted by Gasteiger charge is -2.16. The van der Waals surface area contributed by atoms with Crippen LogP contribution in [0.15, 0.2) is 42.5 Å². The van der Waals surface area contributed by atoms with E-state index in [-0.39, 0.29) is 5.91 Å². The molecule has 1 aliphatic heterocycles. The Morgan fingerprint density at radius 2 is 1.78 bits per heavy atom. The molecule has 8 heteroatoms. The van der Waals surface area contributed by atoms with Crippen LogP contribution >= 0.6 is 0 Å². The van der Waals surface area contributed by atoms with Gasteiger partial charge in [0, 0.05) is 18.7 Å². The van der Waals surface area contributed by atoms with Crippen LogP contribution in [0.1, 0.15) is 31.8 Å². The number of sulfonamides is 1. The normalized spacial score (nSPS) is 13.2. The molecule has 2 aromatic carbocycles. The molecule has 0 bridgehead atoms. The summed E-state index contributed by atoms with van der Waals surface area (Å²) in [5.74, 6) is -0.653. The van der Waals surface area contributed by atoms with E-state index in [4.69, 9.17) is 0 Å². The van der Waals surface area contributed by atoms with Gasteiger partial charge in [0.1, 0.15) is 0 Å². The summed E-state index contributed by atoms with van der Waals surface area (Å²) in [5.41, 5.74) is 3.25. The minimum atomic E-state index is -3.31. The van der Waals surface area contributed by atoms with Crippen molar-refractivity contribution >= 4 is 27.6 Å². The molecule has 0 spiro atoms. The zero-order chi connectivity index (χ0) is 19.6. The summed E-state index contributed by atoms with van der Waals surface area (Å²) in [4.78, 5) is 23.8. The average molecular weight is 388 g/mol. The van der Waals surface area contributed by atoms with Crippen LogP contribution in [-0.2, 0) is 27.7 Å². The van der Waals surface area contributed by atoms with Crippen molar-refractivity contribution in [2.75, 3.05) is 24.2 Å². The van der Waals surface area contributed by atoms with E-state index in [2.05, 4.69) is 10.1 Å². The standard InChI is InChI=1S/C19H20N2O5S/c1-26-19(23)14-5-3-13(4-6-14)12-20-18(22)16-7-8-17-15(11-16)9-10-21(17)27(2,24)25/h3-8,11H,9-10,12H2,1-2H3,(H,20,22). The maximum atomic E-state index is 12.4. The second kappa shape index (κ2) is 7.40. The third-order valence-corrected chi connectivity index (χ3v) is 5.60. The summed E-state index contributed by atoms with van der Waals surface area (Å²) >= 11 is 0. The van der Waals surface area contributed by atoms with Crippen molar-refractivity contribution in [3.05, 3.63) is 64.7 Å². The number of rotatable bonds is 5. The van der Waals surface area contributed by atoms with E-state index in [1.165, 1.54) is 17.7 Å². The SMILES string of the molecule is COC(=O)c1ccc(CNC(=O)c2ccc3c(c2)CCN3S(C)(=O)=O)cc1. The fourth-order valence-corrected chi connectivity index (χ4v) is 3.98. The summed E-state index contributed by atoms with van der Waals surface area (Å²) in [6, 6.07) is 11.8. The highest BCUT2D eigenvalue weighted by Crippen LogP contribution is 2.30. The zero-order valence-corrected chi connectivity index (χ0v) is 15.9. The smallest absolute Gasteiger partial charge is 0.337 e. The first kappa shape index (κ1) is 18.9. The molecule has 1 amide bonds.